The van der Waals surface area contributed by atoms with Crippen molar-refractivity contribution in [3.05, 3.63) is 41.7 Å². The minimum atomic E-state index is -0.500. The van der Waals surface area contributed by atoms with Crippen LogP contribution in [0.3, 0.4) is 0 Å². The fourth-order valence-electron chi connectivity index (χ4n) is 1.99. The second kappa shape index (κ2) is 9.62. The summed E-state index contributed by atoms with van der Waals surface area (Å²) in [6.45, 7) is 3.94. The lowest BCUT2D eigenvalue weighted by Gasteiger charge is -2.09. The Morgan fingerprint density at radius 3 is 2.54 bits per heavy atom. The van der Waals surface area contributed by atoms with Gasteiger partial charge < -0.3 is 19.8 Å². The molecule has 0 radical (unpaired) electrons. The lowest BCUT2D eigenvalue weighted by atomic mass is 10.2. The number of aromatic nitrogens is 2. The molecule has 0 spiro atoms. The molecule has 26 heavy (non-hydrogen) atoms. The van der Waals surface area contributed by atoms with E-state index in [1.165, 1.54) is 6.20 Å². The normalized spacial score (nSPS) is 10.2. The molecular weight excluding hydrogens is 358 g/mol. The molecule has 0 atom stereocenters. The zero-order chi connectivity index (χ0) is 18.9. The number of ether oxygens (including phenoxy) is 2. The number of nitrogens with zero attached hydrogens (tertiary/aromatic N) is 1. The lowest BCUT2D eigenvalue weighted by molar-refractivity contribution is -0.113. The van der Waals surface area contributed by atoms with Crippen molar-refractivity contribution in [3.63, 3.8) is 0 Å². The molecule has 8 nitrogen and oxygen atoms in total. The van der Waals surface area contributed by atoms with Crippen LogP contribution in [0.1, 0.15) is 34.7 Å². The first-order chi connectivity index (χ1) is 12.5. The van der Waals surface area contributed by atoms with Gasteiger partial charge in [0.15, 0.2) is 5.16 Å². The van der Waals surface area contributed by atoms with Gasteiger partial charge in [-0.15, -0.1) is 0 Å². The highest BCUT2D eigenvalue weighted by atomic mass is 32.2. The Hall–Kier alpha value is -2.81. The van der Waals surface area contributed by atoms with Gasteiger partial charge in [0.2, 0.25) is 5.91 Å². The van der Waals surface area contributed by atoms with Gasteiger partial charge in [0, 0.05) is 0 Å². The summed E-state index contributed by atoms with van der Waals surface area (Å²) in [7, 11) is 0. The number of carbonyl (C=O) groups excluding carboxylic acids is 3. The molecule has 0 aliphatic rings. The number of nitrogens with one attached hydrogen (secondary N) is 2. The monoisotopic (exact) mass is 377 g/mol. The van der Waals surface area contributed by atoms with E-state index in [0.29, 0.717) is 10.8 Å². The molecular formula is C17H19N3O5S. The van der Waals surface area contributed by atoms with Gasteiger partial charge in [0.1, 0.15) is 5.69 Å². The minimum Gasteiger partial charge on any atom is -0.462 e. The number of carbonyl (C=O) groups is 3. The van der Waals surface area contributed by atoms with Crippen molar-refractivity contribution in [3.8, 4) is 0 Å². The van der Waals surface area contributed by atoms with Crippen LogP contribution >= 0.6 is 11.8 Å². The molecule has 2 N–H and O–H groups in total. The Morgan fingerprint density at radius 1 is 1.12 bits per heavy atom. The number of hydrogen-bond donors (Lipinski definition) is 2. The zero-order valence-corrected chi connectivity index (χ0v) is 15.2. The standard InChI is InChI=1S/C17H19N3O5S/c1-3-24-15(22)11-7-5-6-8-12(11)19-14(21)10-26-17-18-9-13(20-17)16(23)25-4-2/h5-9H,3-4,10H2,1-2H3,(H,18,20)(H,19,21). The summed E-state index contributed by atoms with van der Waals surface area (Å²) in [6.07, 6.45) is 1.36. The molecule has 1 heterocycles. The number of esters is 2. The SMILES string of the molecule is CCOC(=O)c1cnc(SCC(=O)Nc2ccccc2C(=O)OCC)[nH]1. The van der Waals surface area contributed by atoms with Gasteiger partial charge in [0.25, 0.3) is 0 Å². The highest BCUT2D eigenvalue weighted by Gasteiger charge is 2.15. The first-order valence-electron chi connectivity index (χ1n) is 7.96. The van der Waals surface area contributed by atoms with E-state index < -0.39 is 11.9 Å². The topological polar surface area (TPSA) is 110 Å². The van der Waals surface area contributed by atoms with Gasteiger partial charge in [-0.25, -0.2) is 14.6 Å². The lowest BCUT2D eigenvalue weighted by Crippen LogP contribution is -2.17. The number of rotatable bonds is 8. The number of hydrogen-bond acceptors (Lipinski definition) is 7. The van der Waals surface area contributed by atoms with E-state index in [1.807, 2.05) is 0 Å². The third kappa shape index (κ3) is 5.35. The Morgan fingerprint density at radius 2 is 1.81 bits per heavy atom. The third-order valence-electron chi connectivity index (χ3n) is 3.08. The Labute approximate surface area is 154 Å². The third-order valence-corrected chi connectivity index (χ3v) is 3.97. The Balaban J connectivity index is 1.94. The first-order valence-corrected chi connectivity index (χ1v) is 8.94. The summed E-state index contributed by atoms with van der Waals surface area (Å²) in [5, 5.41) is 3.09. The first kappa shape index (κ1) is 19.5. The molecule has 0 aliphatic carbocycles. The van der Waals surface area contributed by atoms with Crippen molar-refractivity contribution < 1.29 is 23.9 Å². The second-order valence-electron chi connectivity index (χ2n) is 4.93. The van der Waals surface area contributed by atoms with E-state index in [1.54, 1.807) is 38.1 Å². The van der Waals surface area contributed by atoms with Crippen LogP contribution in [0.5, 0.6) is 0 Å². The van der Waals surface area contributed by atoms with Crippen LogP contribution in [-0.4, -0.2) is 46.8 Å². The quantitative estimate of drug-likeness (QED) is 0.537. The van der Waals surface area contributed by atoms with Gasteiger partial charge in [-0.1, -0.05) is 23.9 Å². The average Bonchev–Trinajstić information content (AvgIpc) is 3.10. The van der Waals surface area contributed by atoms with Crippen LogP contribution in [0.25, 0.3) is 0 Å². The molecule has 0 saturated carbocycles. The average molecular weight is 377 g/mol. The summed E-state index contributed by atoms with van der Waals surface area (Å²) in [5.74, 6) is -1.27. The van der Waals surface area contributed by atoms with Gasteiger partial charge in [0.05, 0.1) is 36.4 Å². The van der Waals surface area contributed by atoms with Crippen molar-refractivity contribution in [1.82, 2.24) is 9.97 Å². The smallest absolute Gasteiger partial charge is 0.356 e. The summed E-state index contributed by atoms with van der Waals surface area (Å²) < 4.78 is 9.83. The van der Waals surface area contributed by atoms with E-state index in [-0.39, 0.29) is 36.1 Å². The molecule has 2 aromatic rings. The van der Waals surface area contributed by atoms with Crippen LogP contribution < -0.4 is 5.32 Å². The van der Waals surface area contributed by atoms with E-state index >= 15 is 0 Å². The summed E-state index contributed by atoms with van der Waals surface area (Å²) >= 11 is 1.13. The largest absolute Gasteiger partial charge is 0.462 e. The Bertz CT molecular complexity index is 790. The fraction of sp³-hybridized carbons (Fsp3) is 0.294. The molecule has 9 heteroatoms. The Kier molecular flexibility index (Phi) is 7.22. The molecule has 0 saturated heterocycles. The predicted octanol–water partition coefficient (Wildman–Crippen LogP) is 2.49. The molecule has 2 rings (SSSR count). The molecule has 0 unspecified atom stereocenters. The number of imidazole rings is 1. The van der Waals surface area contributed by atoms with Crippen LogP contribution in [-0.2, 0) is 14.3 Å². The number of thioether (sulfide) groups is 1. The van der Waals surface area contributed by atoms with Gasteiger partial charge >= 0.3 is 11.9 Å². The van der Waals surface area contributed by atoms with Crippen molar-refractivity contribution in [1.29, 1.82) is 0 Å². The number of para-hydroxylation sites is 1. The van der Waals surface area contributed by atoms with Crippen LogP contribution in [0.15, 0.2) is 35.6 Å². The minimum absolute atomic E-state index is 0.0486. The molecule has 138 valence electrons. The number of benzene rings is 1. The van der Waals surface area contributed by atoms with Crippen molar-refractivity contribution in [2.24, 2.45) is 0 Å². The molecule has 1 amide bonds. The predicted molar refractivity (Wildman–Crippen MR) is 96.3 cm³/mol. The highest BCUT2D eigenvalue weighted by molar-refractivity contribution is 7.99. The van der Waals surface area contributed by atoms with E-state index in [0.717, 1.165) is 11.8 Å². The number of amides is 1. The molecule has 1 aromatic carbocycles. The maximum atomic E-state index is 12.1. The second-order valence-corrected chi connectivity index (χ2v) is 5.89. The molecule has 1 aromatic heterocycles. The van der Waals surface area contributed by atoms with E-state index in [9.17, 15) is 14.4 Å². The zero-order valence-electron chi connectivity index (χ0n) is 14.4. The van der Waals surface area contributed by atoms with Crippen LogP contribution in [0.4, 0.5) is 5.69 Å². The maximum absolute atomic E-state index is 12.1. The summed E-state index contributed by atoms with van der Waals surface area (Å²) in [6, 6.07) is 6.61. The van der Waals surface area contributed by atoms with Crippen molar-refractivity contribution >= 4 is 35.3 Å². The van der Waals surface area contributed by atoms with Crippen molar-refractivity contribution in [2.45, 2.75) is 19.0 Å². The highest BCUT2D eigenvalue weighted by Crippen LogP contribution is 2.18. The van der Waals surface area contributed by atoms with E-state index in [4.69, 9.17) is 9.47 Å². The number of H-pyrrole nitrogens is 1. The van der Waals surface area contributed by atoms with Gasteiger partial charge in [-0.3, -0.25) is 4.79 Å². The molecule has 0 aliphatic heterocycles. The molecule has 0 fully saturated rings. The van der Waals surface area contributed by atoms with Crippen LogP contribution in [0, 0.1) is 0 Å². The maximum Gasteiger partial charge on any atom is 0.356 e. The van der Waals surface area contributed by atoms with Gasteiger partial charge in [-0.05, 0) is 26.0 Å². The summed E-state index contributed by atoms with van der Waals surface area (Å²) in [5.41, 5.74) is 0.890. The van der Waals surface area contributed by atoms with E-state index in [2.05, 4.69) is 15.3 Å². The number of anilines is 1. The van der Waals surface area contributed by atoms with Crippen LogP contribution in [0.2, 0.25) is 0 Å². The van der Waals surface area contributed by atoms with Crippen molar-refractivity contribution in [2.75, 3.05) is 24.3 Å². The fourth-order valence-corrected chi connectivity index (χ4v) is 2.64. The summed E-state index contributed by atoms with van der Waals surface area (Å²) in [4.78, 5) is 42.4. The molecule has 0 bridgehead atoms. The number of aromatic amines is 1. The van der Waals surface area contributed by atoms with Gasteiger partial charge in [-0.2, -0.15) is 0 Å².